The summed E-state index contributed by atoms with van der Waals surface area (Å²) in [5, 5.41) is 5.71. The Balaban J connectivity index is 1.48. The van der Waals surface area contributed by atoms with Crippen LogP contribution in [0.5, 0.6) is 0 Å². The zero-order valence-corrected chi connectivity index (χ0v) is 15.1. The molecule has 0 heterocycles. The molecule has 1 aliphatic carbocycles. The van der Waals surface area contributed by atoms with Crippen LogP contribution < -0.4 is 15.5 Å². The van der Waals surface area contributed by atoms with Gasteiger partial charge in [0.2, 0.25) is 5.91 Å². The molecule has 0 aromatic heterocycles. The lowest BCUT2D eigenvalue weighted by Gasteiger charge is -2.23. The lowest BCUT2D eigenvalue weighted by molar-refractivity contribution is -0.119. The van der Waals surface area contributed by atoms with Gasteiger partial charge in [0.15, 0.2) is 0 Å². The van der Waals surface area contributed by atoms with E-state index in [0.29, 0.717) is 19.5 Å². The van der Waals surface area contributed by atoms with Crippen molar-refractivity contribution < 1.29 is 9.59 Å². The average molecular weight is 351 g/mol. The molecule has 2 aromatic carbocycles. The summed E-state index contributed by atoms with van der Waals surface area (Å²) in [6.45, 7) is 3.07. The van der Waals surface area contributed by atoms with Crippen molar-refractivity contribution in [3.63, 3.8) is 0 Å². The van der Waals surface area contributed by atoms with Crippen LogP contribution in [0.1, 0.15) is 24.8 Å². The zero-order valence-electron chi connectivity index (χ0n) is 15.1. The second-order valence-corrected chi connectivity index (χ2v) is 6.65. The van der Waals surface area contributed by atoms with E-state index >= 15 is 0 Å². The predicted molar refractivity (Wildman–Crippen MR) is 104 cm³/mol. The van der Waals surface area contributed by atoms with E-state index in [9.17, 15) is 9.59 Å². The van der Waals surface area contributed by atoms with Gasteiger partial charge in [0.25, 0.3) is 0 Å². The molecule has 5 nitrogen and oxygen atoms in total. The number of nitrogens with zero attached hydrogens (tertiary/aromatic N) is 1. The van der Waals surface area contributed by atoms with Gasteiger partial charge in [0, 0.05) is 30.4 Å². The molecule has 0 unspecified atom stereocenters. The van der Waals surface area contributed by atoms with Gasteiger partial charge in [-0.25, -0.2) is 4.79 Å². The van der Waals surface area contributed by atoms with Crippen molar-refractivity contribution in [3.05, 3.63) is 60.2 Å². The molecule has 5 heteroatoms. The van der Waals surface area contributed by atoms with Crippen LogP contribution in [-0.4, -0.2) is 25.0 Å². The number of aryl methyl sites for hydroxylation is 1. The minimum atomic E-state index is -0.223. The first kappa shape index (κ1) is 18.0. The molecule has 3 amide bonds. The summed E-state index contributed by atoms with van der Waals surface area (Å²) in [7, 11) is 0. The Bertz CT molecular complexity index is 757. The maximum Gasteiger partial charge on any atom is 0.319 e. The van der Waals surface area contributed by atoms with E-state index in [1.807, 2.05) is 66.4 Å². The first-order valence-corrected chi connectivity index (χ1v) is 9.12. The highest BCUT2D eigenvalue weighted by Gasteiger charge is 2.33. The highest BCUT2D eigenvalue weighted by molar-refractivity contribution is 5.96. The molecule has 3 rings (SSSR count). The lowest BCUT2D eigenvalue weighted by Crippen LogP contribution is -2.36. The van der Waals surface area contributed by atoms with Crippen molar-refractivity contribution in [2.75, 3.05) is 23.3 Å². The van der Waals surface area contributed by atoms with Crippen molar-refractivity contribution in [1.82, 2.24) is 5.32 Å². The summed E-state index contributed by atoms with van der Waals surface area (Å²) >= 11 is 0. The molecule has 2 N–H and O–H groups in total. The molecule has 0 bridgehead atoms. The number of hydrogen-bond acceptors (Lipinski definition) is 2. The molecule has 0 spiro atoms. The zero-order chi connectivity index (χ0) is 18.4. The van der Waals surface area contributed by atoms with Gasteiger partial charge in [0.05, 0.1) is 0 Å². The Labute approximate surface area is 154 Å². The molecule has 1 saturated carbocycles. The maximum atomic E-state index is 12.5. The molecule has 1 aliphatic rings. The molecule has 0 aliphatic heterocycles. The Morgan fingerprint density at radius 1 is 1.04 bits per heavy atom. The number of anilines is 2. The summed E-state index contributed by atoms with van der Waals surface area (Å²) in [4.78, 5) is 26.4. The third kappa shape index (κ3) is 4.85. The quantitative estimate of drug-likeness (QED) is 0.742. The Morgan fingerprint density at radius 3 is 2.42 bits per heavy atom. The van der Waals surface area contributed by atoms with Crippen LogP contribution in [0.4, 0.5) is 16.2 Å². The number of amides is 3. The van der Waals surface area contributed by atoms with Gasteiger partial charge in [-0.1, -0.05) is 36.4 Å². The molecule has 136 valence electrons. The fraction of sp³-hybridized carbons (Fsp3) is 0.333. The third-order valence-electron chi connectivity index (χ3n) is 4.50. The molecule has 0 saturated heterocycles. The third-order valence-corrected chi connectivity index (χ3v) is 4.50. The smallest absolute Gasteiger partial charge is 0.319 e. The van der Waals surface area contributed by atoms with Crippen LogP contribution in [0.25, 0.3) is 0 Å². The van der Waals surface area contributed by atoms with Crippen LogP contribution in [0.2, 0.25) is 0 Å². The number of nitrogens with one attached hydrogen (secondary N) is 2. The fourth-order valence-electron chi connectivity index (χ4n) is 2.84. The minimum Gasteiger partial charge on any atom is -0.338 e. The van der Waals surface area contributed by atoms with Gasteiger partial charge in [-0.3, -0.25) is 4.79 Å². The van der Waals surface area contributed by atoms with E-state index in [1.54, 1.807) is 0 Å². The number of rotatable bonds is 7. The summed E-state index contributed by atoms with van der Waals surface area (Å²) in [6, 6.07) is 17.2. The normalized spacial score (nSPS) is 13.1. The van der Waals surface area contributed by atoms with Crippen LogP contribution in [0, 0.1) is 12.8 Å². The number of benzene rings is 2. The van der Waals surface area contributed by atoms with E-state index < -0.39 is 0 Å². The Kier molecular flexibility index (Phi) is 5.89. The predicted octanol–water partition coefficient (Wildman–Crippen LogP) is 3.95. The molecule has 0 radical (unpaired) electrons. The van der Waals surface area contributed by atoms with Gasteiger partial charge in [-0.05, 0) is 49.9 Å². The largest absolute Gasteiger partial charge is 0.338 e. The Morgan fingerprint density at radius 2 is 1.73 bits per heavy atom. The molecule has 0 atom stereocenters. The fourth-order valence-corrected chi connectivity index (χ4v) is 2.84. The van der Waals surface area contributed by atoms with E-state index in [2.05, 4.69) is 10.6 Å². The first-order valence-electron chi connectivity index (χ1n) is 9.12. The van der Waals surface area contributed by atoms with Crippen LogP contribution in [-0.2, 0) is 4.79 Å². The number of urea groups is 1. The van der Waals surface area contributed by atoms with Crippen molar-refractivity contribution in [1.29, 1.82) is 0 Å². The van der Waals surface area contributed by atoms with E-state index in [4.69, 9.17) is 0 Å². The number of carbonyl (C=O) groups excluding carboxylic acids is 2. The number of para-hydroxylation sites is 2. The van der Waals surface area contributed by atoms with Crippen molar-refractivity contribution in [3.8, 4) is 0 Å². The van der Waals surface area contributed by atoms with Gasteiger partial charge in [0.1, 0.15) is 0 Å². The van der Waals surface area contributed by atoms with Crippen molar-refractivity contribution in [2.24, 2.45) is 5.92 Å². The molecular formula is C21H25N3O2. The molecular weight excluding hydrogens is 326 g/mol. The second-order valence-electron chi connectivity index (χ2n) is 6.65. The van der Waals surface area contributed by atoms with Crippen molar-refractivity contribution in [2.45, 2.75) is 26.2 Å². The highest BCUT2D eigenvalue weighted by atomic mass is 16.2. The molecule has 1 fully saturated rings. The van der Waals surface area contributed by atoms with Crippen LogP contribution in [0.15, 0.2) is 54.6 Å². The van der Waals surface area contributed by atoms with Gasteiger partial charge in [-0.2, -0.15) is 0 Å². The maximum absolute atomic E-state index is 12.5. The molecule has 2 aromatic rings. The highest BCUT2D eigenvalue weighted by Crippen LogP contribution is 2.32. The average Bonchev–Trinajstić information content (AvgIpc) is 3.49. The van der Waals surface area contributed by atoms with Crippen molar-refractivity contribution >= 4 is 23.3 Å². The van der Waals surface area contributed by atoms with Gasteiger partial charge >= 0.3 is 6.03 Å². The standard InChI is InChI=1S/C21H25N3O2/c1-16-8-5-6-11-19(16)23-21(26)22-14-7-15-24(20(25)17-12-13-17)18-9-3-2-4-10-18/h2-6,8-11,17H,7,12-15H2,1H3,(H2,22,23,26). The lowest BCUT2D eigenvalue weighted by atomic mass is 10.2. The van der Waals surface area contributed by atoms with Gasteiger partial charge < -0.3 is 15.5 Å². The minimum absolute atomic E-state index is 0.174. The SMILES string of the molecule is Cc1ccccc1NC(=O)NCCCN(C(=O)C1CC1)c1ccccc1. The second kappa shape index (κ2) is 8.52. The van der Waals surface area contributed by atoms with E-state index in [-0.39, 0.29) is 17.9 Å². The van der Waals surface area contributed by atoms with E-state index in [0.717, 1.165) is 29.8 Å². The van der Waals surface area contributed by atoms with Crippen LogP contribution >= 0.6 is 0 Å². The number of hydrogen-bond donors (Lipinski definition) is 2. The van der Waals surface area contributed by atoms with Gasteiger partial charge in [-0.15, -0.1) is 0 Å². The summed E-state index contributed by atoms with van der Waals surface area (Å²) in [6.07, 6.45) is 2.67. The Hall–Kier alpha value is -2.82. The topological polar surface area (TPSA) is 61.4 Å². The van der Waals surface area contributed by atoms with E-state index in [1.165, 1.54) is 0 Å². The molecule has 26 heavy (non-hydrogen) atoms. The monoisotopic (exact) mass is 351 g/mol. The first-order chi connectivity index (χ1) is 12.6. The van der Waals surface area contributed by atoms with Crippen LogP contribution in [0.3, 0.4) is 0 Å². The summed E-state index contributed by atoms with van der Waals surface area (Å²) in [5.74, 6) is 0.369. The number of carbonyl (C=O) groups is 2. The summed E-state index contributed by atoms with van der Waals surface area (Å²) in [5.41, 5.74) is 2.75. The summed E-state index contributed by atoms with van der Waals surface area (Å²) < 4.78 is 0.